The Morgan fingerprint density at radius 1 is 0.500 bits per heavy atom. The molecule has 8 heteroatoms. The fraction of sp³-hybridized carbons (Fsp3) is 1.00. The van der Waals surface area contributed by atoms with Crippen LogP contribution in [-0.2, 0) is 20.2 Å². The van der Waals surface area contributed by atoms with Gasteiger partial charge in [0.05, 0.1) is 11.5 Å². The minimum atomic E-state index is -3.72. The molecule has 0 saturated heterocycles. The molecule has 0 aromatic carbocycles. The average Bonchev–Trinajstić information content (AvgIpc) is 2.45. The van der Waals surface area contributed by atoms with Crippen molar-refractivity contribution in [2.45, 2.75) is 90.9 Å². The lowest BCUT2D eigenvalue weighted by Crippen LogP contribution is -2.03. The number of hydrogen-bond donors (Lipinski definition) is 2. The molecular weight excluding hydrogens is 352 g/mol. The summed E-state index contributed by atoms with van der Waals surface area (Å²) in [5, 5.41) is 0. The van der Waals surface area contributed by atoms with Crippen LogP contribution < -0.4 is 0 Å². The molecule has 0 heterocycles. The van der Waals surface area contributed by atoms with Crippen molar-refractivity contribution in [2.24, 2.45) is 0 Å². The first kappa shape index (κ1) is 26.1. The van der Waals surface area contributed by atoms with E-state index in [4.69, 9.17) is 9.11 Å². The van der Waals surface area contributed by atoms with Gasteiger partial charge in [-0.3, -0.25) is 9.11 Å². The SMILES string of the molecule is CCCCCCCCS(=O)(=O)O.CCCCCCCCS(=O)(=O)O. The molecule has 0 aliphatic rings. The molecule has 6 nitrogen and oxygen atoms in total. The summed E-state index contributed by atoms with van der Waals surface area (Å²) in [7, 11) is -7.43. The minimum Gasteiger partial charge on any atom is -0.286 e. The second kappa shape index (κ2) is 16.3. The zero-order valence-corrected chi connectivity index (χ0v) is 16.9. The van der Waals surface area contributed by atoms with Crippen LogP contribution in [0.3, 0.4) is 0 Å². The zero-order chi connectivity index (χ0) is 18.9. The van der Waals surface area contributed by atoms with Crippen molar-refractivity contribution in [3.05, 3.63) is 0 Å². The lowest BCUT2D eigenvalue weighted by atomic mass is 10.1. The molecule has 0 radical (unpaired) electrons. The monoisotopic (exact) mass is 388 g/mol. The molecule has 2 N–H and O–H groups in total. The van der Waals surface area contributed by atoms with E-state index in [-0.39, 0.29) is 11.5 Å². The molecule has 0 aliphatic carbocycles. The van der Waals surface area contributed by atoms with Crippen LogP contribution in [0, 0.1) is 0 Å². The van der Waals surface area contributed by atoms with Gasteiger partial charge >= 0.3 is 0 Å². The van der Waals surface area contributed by atoms with E-state index < -0.39 is 20.2 Å². The summed E-state index contributed by atoms with van der Waals surface area (Å²) >= 11 is 0. The predicted octanol–water partition coefficient (Wildman–Crippen LogP) is 4.47. The van der Waals surface area contributed by atoms with Crippen LogP contribution in [0.2, 0.25) is 0 Å². The van der Waals surface area contributed by atoms with Gasteiger partial charge < -0.3 is 0 Å². The van der Waals surface area contributed by atoms with Crippen LogP contribution in [0.25, 0.3) is 0 Å². The Morgan fingerprint density at radius 2 is 0.750 bits per heavy atom. The summed E-state index contributed by atoms with van der Waals surface area (Å²) in [6, 6.07) is 0. The van der Waals surface area contributed by atoms with Gasteiger partial charge in [-0.05, 0) is 12.8 Å². The fourth-order valence-electron chi connectivity index (χ4n) is 2.13. The van der Waals surface area contributed by atoms with E-state index in [9.17, 15) is 16.8 Å². The van der Waals surface area contributed by atoms with Crippen LogP contribution >= 0.6 is 0 Å². The Balaban J connectivity index is 0. The molecule has 0 fully saturated rings. The van der Waals surface area contributed by atoms with E-state index in [1.165, 1.54) is 38.5 Å². The van der Waals surface area contributed by atoms with E-state index in [1.807, 2.05) is 0 Å². The van der Waals surface area contributed by atoms with Gasteiger partial charge in [0.25, 0.3) is 20.2 Å². The molecule has 0 aromatic heterocycles. The van der Waals surface area contributed by atoms with Crippen LogP contribution in [0.15, 0.2) is 0 Å². The van der Waals surface area contributed by atoms with Crippen LogP contribution in [0.5, 0.6) is 0 Å². The summed E-state index contributed by atoms with van der Waals surface area (Å²) in [6.07, 6.45) is 12.3. The predicted molar refractivity (Wildman–Crippen MR) is 99.6 cm³/mol. The lowest BCUT2D eigenvalue weighted by molar-refractivity contribution is 0.476. The van der Waals surface area contributed by atoms with E-state index in [2.05, 4.69) is 13.8 Å². The highest BCUT2D eigenvalue weighted by Gasteiger charge is 2.03. The Labute approximate surface area is 148 Å². The van der Waals surface area contributed by atoms with Crippen molar-refractivity contribution in [1.29, 1.82) is 0 Å². The molecule has 148 valence electrons. The van der Waals surface area contributed by atoms with Crippen molar-refractivity contribution in [3.8, 4) is 0 Å². The van der Waals surface area contributed by atoms with E-state index in [0.29, 0.717) is 12.8 Å². The molecule has 0 aromatic rings. The number of hydrogen-bond acceptors (Lipinski definition) is 4. The summed E-state index contributed by atoms with van der Waals surface area (Å²) in [5.41, 5.74) is 0. The topological polar surface area (TPSA) is 109 Å². The summed E-state index contributed by atoms with van der Waals surface area (Å²) in [5.74, 6) is -0.168. The highest BCUT2D eigenvalue weighted by molar-refractivity contribution is 7.86. The lowest BCUT2D eigenvalue weighted by Gasteiger charge is -1.98. The zero-order valence-electron chi connectivity index (χ0n) is 15.2. The van der Waals surface area contributed by atoms with Crippen molar-refractivity contribution >= 4 is 20.2 Å². The highest BCUT2D eigenvalue weighted by Crippen LogP contribution is 2.06. The van der Waals surface area contributed by atoms with Crippen molar-refractivity contribution in [2.75, 3.05) is 11.5 Å². The minimum absolute atomic E-state index is 0.0842. The maximum absolute atomic E-state index is 10.3. The van der Waals surface area contributed by atoms with E-state index >= 15 is 0 Å². The van der Waals surface area contributed by atoms with Gasteiger partial charge in [0.15, 0.2) is 0 Å². The first-order valence-corrected chi connectivity index (χ1v) is 12.2. The van der Waals surface area contributed by atoms with Gasteiger partial charge in [-0.2, -0.15) is 16.8 Å². The van der Waals surface area contributed by atoms with Crippen LogP contribution in [-0.4, -0.2) is 37.4 Å². The third-order valence-corrected chi connectivity index (χ3v) is 5.12. The Bertz CT molecular complexity index is 413. The molecule has 0 unspecified atom stereocenters. The van der Waals surface area contributed by atoms with Gasteiger partial charge in [-0.25, -0.2) is 0 Å². The smallest absolute Gasteiger partial charge is 0.264 e. The quantitative estimate of drug-likeness (QED) is 0.336. The first-order valence-electron chi connectivity index (χ1n) is 9.02. The second-order valence-corrected chi connectivity index (χ2v) is 9.25. The van der Waals surface area contributed by atoms with Gasteiger partial charge in [0, 0.05) is 0 Å². The number of rotatable bonds is 14. The molecule has 0 amide bonds. The fourth-order valence-corrected chi connectivity index (χ4v) is 3.27. The summed E-state index contributed by atoms with van der Waals surface area (Å²) in [4.78, 5) is 0. The maximum atomic E-state index is 10.3. The molecule has 0 aliphatic heterocycles. The molecule has 0 spiro atoms. The Hall–Kier alpha value is -0.180. The van der Waals surface area contributed by atoms with Crippen molar-refractivity contribution < 1.29 is 25.9 Å². The van der Waals surface area contributed by atoms with E-state index in [1.54, 1.807) is 0 Å². The average molecular weight is 389 g/mol. The summed E-state index contributed by atoms with van der Waals surface area (Å²) in [6.45, 7) is 4.27. The molecule has 0 saturated carbocycles. The number of unbranched alkanes of at least 4 members (excludes halogenated alkanes) is 10. The third kappa shape index (κ3) is 29.8. The Morgan fingerprint density at radius 3 is 1.00 bits per heavy atom. The van der Waals surface area contributed by atoms with Crippen LogP contribution in [0.1, 0.15) is 90.9 Å². The summed E-state index contributed by atoms with van der Waals surface area (Å²) < 4.78 is 57.9. The second-order valence-electron chi connectivity index (χ2n) is 6.11. The largest absolute Gasteiger partial charge is 0.286 e. The van der Waals surface area contributed by atoms with Gasteiger partial charge in [-0.1, -0.05) is 78.1 Å². The maximum Gasteiger partial charge on any atom is 0.264 e. The van der Waals surface area contributed by atoms with Gasteiger partial charge in [-0.15, -0.1) is 0 Å². The molecule has 0 atom stereocenters. The van der Waals surface area contributed by atoms with Crippen molar-refractivity contribution in [1.82, 2.24) is 0 Å². The third-order valence-electron chi connectivity index (χ3n) is 3.51. The standard InChI is InChI=1S/2C8H18O3S/c2*1-2-3-4-5-6-7-8-12(9,10)11/h2*2-8H2,1H3,(H,9,10,11). The normalized spacial score (nSPS) is 11.8. The molecule has 0 rings (SSSR count). The molecule has 24 heavy (non-hydrogen) atoms. The van der Waals surface area contributed by atoms with Crippen molar-refractivity contribution in [3.63, 3.8) is 0 Å². The van der Waals surface area contributed by atoms with Gasteiger partial charge in [0.1, 0.15) is 0 Å². The Kier molecular flexibility index (Phi) is 17.7. The highest BCUT2D eigenvalue weighted by atomic mass is 32.2. The van der Waals surface area contributed by atoms with Gasteiger partial charge in [0.2, 0.25) is 0 Å². The van der Waals surface area contributed by atoms with E-state index in [0.717, 1.165) is 25.7 Å². The van der Waals surface area contributed by atoms with Crippen LogP contribution in [0.4, 0.5) is 0 Å². The molecule has 0 bridgehead atoms. The molecular formula is C16H36O6S2. The first-order chi connectivity index (χ1) is 11.1.